The minimum Gasteiger partial charge on any atom is -0.455 e. The van der Waals surface area contributed by atoms with Crippen molar-refractivity contribution in [2.24, 2.45) is 5.73 Å². The number of ether oxygens (including phenoxy) is 3. The van der Waals surface area contributed by atoms with Gasteiger partial charge in [-0.15, -0.1) is 0 Å². The molecule has 1 aromatic rings. The van der Waals surface area contributed by atoms with E-state index in [0.29, 0.717) is 13.0 Å². The third kappa shape index (κ3) is 5.31. The molecule has 1 saturated heterocycles. The molecule has 0 unspecified atom stereocenters. The van der Waals surface area contributed by atoms with Crippen LogP contribution >= 0.6 is 0 Å². The van der Waals surface area contributed by atoms with Crippen LogP contribution in [0.2, 0.25) is 0 Å². The third-order valence-corrected chi connectivity index (χ3v) is 5.62. The van der Waals surface area contributed by atoms with Crippen LogP contribution in [0.3, 0.4) is 0 Å². The molecular weight excluding hydrogens is 342 g/mol. The second-order valence-electron chi connectivity index (χ2n) is 8.32. The van der Waals surface area contributed by atoms with Gasteiger partial charge in [-0.25, -0.2) is 0 Å². The summed E-state index contributed by atoms with van der Waals surface area (Å²) in [6, 6.07) is 9.82. The van der Waals surface area contributed by atoms with Gasteiger partial charge in [0.05, 0.1) is 18.6 Å². The lowest BCUT2D eigenvalue weighted by Gasteiger charge is -2.46. The SMILES string of the molecule is CC(C)(OC(=O)C[C@H]1C[C@@H](CCN)OC2(CCCCC2)O1)c1ccccc1. The molecule has 3 rings (SSSR count). The van der Waals surface area contributed by atoms with Gasteiger partial charge in [-0.05, 0) is 45.2 Å². The fraction of sp³-hybridized carbons (Fsp3) is 0.682. The first-order valence-corrected chi connectivity index (χ1v) is 10.3. The highest BCUT2D eigenvalue weighted by Gasteiger charge is 2.44. The maximum absolute atomic E-state index is 12.7. The molecule has 5 nitrogen and oxygen atoms in total. The van der Waals surface area contributed by atoms with E-state index in [-0.39, 0.29) is 24.6 Å². The summed E-state index contributed by atoms with van der Waals surface area (Å²) in [7, 11) is 0. The van der Waals surface area contributed by atoms with E-state index in [9.17, 15) is 4.79 Å². The van der Waals surface area contributed by atoms with E-state index in [2.05, 4.69) is 0 Å². The van der Waals surface area contributed by atoms with Gasteiger partial charge in [0, 0.05) is 19.3 Å². The molecule has 1 aromatic carbocycles. The molecule has 27 heavy (non-hydrogen) atoms. The maximum atomic E-state index is 12.7. The molecule has 2 atom stereocenters. The summed E-state index contributed by atoms with van der Waals surface area (Å²) >= 11 is 0. The van der Waals surface area contributed by atoms with E-state index in [1.807, 2.05) is 44.2 Å². The molecule has 2 N–H and O–H groups in total. The third-order valence-electron chi connectivity index (χ3n) is 5.62. The van der Waals surface area contributed by atoms with Gasteiger partial charge < -0.3 is 19.9 Å². The topological polar surface area (TPSA) is 70.8 Å². The Labute approximate surface area is 162 Å². The number of nitrogens with two attached hydrogens (primary N) is 1. The van der Waals surface area contributed by atoms with Gasteiger partial charge in [0.2, 0.25) is 0 Å². The lowest BCUT2D eigenvalue weighted by molar-refractivity contribution is -0.329. The van der Waals surface area contributed by atoms with Crippen LogP contribution in [0, 0.1) is 0 Å². The summed E-state index contributed by atoms with van der Waals surface area (Å²) in [5, 5.41) is 0. The number of carbonyl (C=O) groups excluding carboxylic acids is 1. The molecular formula is C22H33NO4. The summed E-state index contributed by atoms with van der Waals surface area (Å²) in [4.78, 5) is 12.7. The minimum absolute atomic E-state index is 0.0572. The van der Waals surface area contributed by atoms with Crippen molar-refractivity contribution in [3.05, 3.63) is 35.9 Å². The Kier molecular flexibility index (Phi) is 6.56. The number of carbonyl (C=O) groups is 1. The average molecular weight is 376 g/mol. The van der Waals surface area contributed by atoms with Crippen LogP contribution in [-0.4, -0.2) is 30.5 Å². The lowest BCUT2D eigenvalue weighted by Crippen LogP contribution is -2.50. The Balaban J connectivity index is 1.63. The van der Waals surface area contributed by atoms with Crippen LogP contribution in [0.5, 0.6) is 0 Å². The summed E-state index contributed by atoms with van der Waals surface area (Å²) in [5.74, 6) is -0.760. The molecule has 150 valence electrons. The Bertz CT molecular complexity index is 610. The van der Waals surface area contributed by atoms with Gasteiger partial charge in [0.25, 0.3) is 0 Å². The molecule has 1 aliphatic carbocycles. The zero-order valence-electron chi connectivity index (χ0n) is 16.6. The first-order chi connectivity index (χ1) is 12.9. The number of benzene rings is 1. The van der Waals surface area contributed by atoms with Crippen LogP contribution < -0.4 is 5.73 Å². The van der Waals surface area contributed by atoms with Gasteiger partial charge >= 0.3 is 5.97 Å². The molecule has 1 heterocycles. The molecule has 1 saturated carbocycles. The van der Waals surface area contributed by atoms with Gasteiger partial charge in [0.1, 0.15) is 5.60 Å². The zero-order valence-corrected chi connectivity index (χ0v) is 16.6. The van der Waals surface area contributed by atoms with Gasteiger partial charge in [-0.2, -0.15) is 0 Å². The number of hydrogen-bond acceptors (Lipinski definition) is 5. The average Bonchev–Trinajstić information content (AvgIpc) is 2.62. The second-order valence-corrected chi connectivity index (χ2v) is 8.32. The number of rotatable bonds is 6. The normalized spacial score (nSPS) is 25.3. The Morgan fingerprint density at radius 3 is 2.48 bits per heavy atom. The van der Waals surface area contributed by atoms with Gasteiger partial charge in [0.15, 0.2) is 5.79 Å². The lowest BCUT2D eigenvalue weighted by atomic mass is 9.91. The van der Waals surface area contributed by atoms with Crippen LogP contribution in [-0.2, 0) is 24.6 Å². The standard InChI is InChI=1S/C22H33NO4/c1-21(2,17-9-5-3-6-10-17)27-20(24)16-19-15-18(11-14-23)25-22(26-19)12-7-4-8-13-22/h3,5-6,9-10,18-19H,4,7-8,11-16,23H2,1-2H3/t18-,19-/m1/s1. The fourth-order valence-electron chi connectivity index (χ4n) is 4.25. The van der Waals surface area contributed by atoms with Crippen molar-refractivity contribution < 1.29 is 19.0 Å². The van der Waals surface area contributed by atoms with Gasteiger partial charge in [-0.1, -0.05) is 36.8 Å². The predicted octanol–water partition coefficient (Wildman–Crippen LogP) is 4.04. The molecule has 2 aliphatic rings. The fourth-order valence-corrected chi connectivity index (χ4v) is 4.25. The van der Waals surface area contributed by atoms with Crippen LogP contribution in [0.15, 0.2) is 30.3 Å². The van der Waals surface area contributed by atoms with E-state index >= 15 is 0 Å². The minimum atomic E-state index is -0.664. The van der Waals surface area contributed by atoms with Crippen molar-refractivity contribution in [2.45, 2.75) is 88.8 Å². The Morgan fingerprint density at radius 1 is 1.15 bits per heavy atom. The molecule has 1 aliphatic heterocycles. The molecule has 0 radical (unpaired) electrons. The van der Waals surface area contributed by atoms with Gasteiger partial charge in [-0.3, -0.25) is 4.79 Å². The van der Waals surface area contributed by atoms with Crippen molar-refractivity contribution in [1.82, 2.24) is 0 Å². The van der Waals surface area contributed by atoms with E-state index < -0.39 is 11.4 Å². The molecule has 1 spiro atoms. The zero-order chi connectivity index (χ0) is 19.3. The monoisotopic (exact) mass is 375 g/mol. The van der Waals surface area contributed by atoms with Crippen molar-refractivity contribution >= 4 is 5.97 Å². The van der Waals surface area contributed by atoms with Crippen molar-refractivity contribution in [1.29, 1.82) is 0 Å². The molecule has 0 amide bonds. The van der Waals surface area contributed by atoms with Crippen molar-refractivity contribution in [3.63, 3.8) is 0 Å². The summed E-state index contributed by atoms with van der Waals surface area (Å²) in [6.07, 6.45) is 6.85. The second kappa shape index (κ2) is 8.72. The number of hydrogen-bond donors (Lipinski definition) is 1. The molecule has 0 bridgehead atoms. The van der Waals surface area contributed by atoms with E-state index in [1.165, 1.54) is 6.42 Å². The molecule has 5 heteroatoms. The largest absolute Gasteiger partial charge is 0.455 e. The van der Waals surface area contributed by atoms with Crippen molar-refractivity contribution in [3.8, 4) is 0 Å². The first kappa shape index (κ1) is 20.3. The highest BCUT2D eigenvalue weighted by molar-refractivity contribution is 5.70. The highest BCUT2D eigenvalue weighted by atomic mass is 16.7. The Morgan fingerprint density at radius 2 is 1.81 bits per heavy atom. The van der Waals surface area contributed by atoms with Crippen molar-refractivity contribution in [2.75, 3.05) is 6.54 Å². The van der Waals surface area contributed by atoms with Crippen LogP contribution in [0.25, 0.3) is 0 Å². The number of esters is 1. The van der Waals surface area contributed by atoms with Crippen LogP contribution in [0.4, 0.5) is 0 Å². The Hall–Kier alpha value is -1.43. The first-order valence-electron chi connectivity index (χ1n) is 10.3. The van der Waals surface area contributed by atoms with Crippen LogP contribution in [0.1, 0.15) is 70.8 Å². The van der Waals surface area contributed by atoms with E-state index in [4.69, 9.17) is 19.9 Å². The summed E-state index contributed by atoms with van der Waals surface area (Å²) in [6.45, 7) is 4.43. The molecule has 0 aromatic heterocycles. The summed E-state index contributed by atoms with van der Waals surface area (Å²) in [5.41, 5.74) is 6.08. The predicted molar refractivity (Wildman–Crippen MR) is 104 cm³/mol. The summed E-state index contributed by atoms with van der Waals surface area (Å²) < 4.78 is 18.4. The molecule has 2 fully saturated rings. The highest BCUT2D eigenvalue weighted by Crippen LogP contribution is 2.40. The smallest absolute Gasteiger partial charge is 0.309 e. The maximum Gasteiger partial charge on any atom is 0.309 e. The quantitative estimate of drug-likeness (QED) is 0.760. The van der Waals surface area contributed by atoms with E-state index in [0.717, 1.165) is 37.7 Å². The van der Waals surface area contributed by atoms with E-state index in [1.54, 1.807) is 0 Å².